The summed E-state index contributed by atoms with van der Waals surface area (Å²) in [5, 5.41) is 11.3. The number of halogens is 4. The first-order valence-electron chi connectivity index (χ1n) is 12.8. The molecule has 10 heteroatoms. The molecule has 2 aromatic carbocycles. The fourth-order valence-corrected chi connectivity index (χ4v) is 5.32. The van der Waals surface area contributed by atoms with Gasteiger partial charge in [-0.25, -0.2) is 4.39 Å². The van der Waals surface area contributed by atoms with Crippen LogP contribution in [0.3, 0.4) is 0 Å². The van der Waals surface area contributed by atoms with Gasteiger partial charge in [0, 0.05) is 37.2 Å². The van der Waals surface area contributed by atoms with Gasteiger partial charge >= 0.3 is 6.18 Å². The quantitative estimate of drug-likeness (QED) is 0.413. The molecule has 5 rings (SSSR count). The zero-order valence-corrected chi connectivity index (χ0v) is 21.4. The molecule has 0 spiro atoms. The third-order valence-electron chi connectivity index (χ3n) is 7.55. The van der Waals surface area contributed by atoms with Gasteiger partial charge in [0.1, 0.15) is 11.9 Å². The molecular weight excluding hydrogens is 498 g/mol. The SMILES string of the molecule is Cc1cc([C@@H](NC(=O)c2cc(Cn3ccn(C)c3=N)cc(N3CCCC3C(F)(F)F)c2)C2CC2)ccc1F. The fourth-order valence-electron chi connectivity index (χ4n) is 5.32. The maximum absolute atomic E-state index is 13.9. The average molecular weight is 530 g/mol. The van der Waals surface area contributed by atoms with Crippen LogP contribution in [0, 0.1) is 24.1 Å². The summed E-state index contributed by atoms with van der Waals surface area (Å²) >= 11 is 0. The number of anilines is 1. The first kappa shape index (κ1) is 26.1. The number of aryl methyl sites for hydroxylation is 2. The van der Waals surface area contributed by atoms with Crippen LogP contribution in [-0.4, -0.2) is 33.8 Å². The summed E-state index contributed by atoms with van der Waals surface area (Å²) in [6.07, 6.45) is 1.36. The second kappa shape index (κ2) is 9.96. The molecule has 38 heavy (non-hydrogen) atoms. The molecule has 1 aromatic heterocycles. The smallest absolute Gasteiger partial charge is 0.360 e. The van der Waals surface area contributed by atoms with Gasteiger partial charge in [-0.1, -0.05) is 12.1 Å². The highest BCUT2D eigenvalue weighted by molar-refractivity contribution is 5.95. The Morgan fingerprint density at radius 3 is 2.53 bits per heavy atom. The molecular formula is C28H31F4N5O. The van der Waals surface area contributed by atoms with E-state index in [-0.39, 0.29) is 54.4 Å². The van der Waals surface area contributed by atoms with Crippen molar-refractivity contribution in [2.24, 2.45) is 13.0 Å². The molecule has 202 valence electrons. The molecule has 0 bridgehead atoms. The van der Waals surface area contributed by atoms with Crippen molar-refractivity contribution < 1.29 is 22.4 Å². The second-order valence-electron chi connectivity index (χ2n) is 10.4. The number of hydrogen-bond acceptors (Lipinski definition) is 3. The van der Waals surface area contributed by atoms with Crippen molar-refractivity contribution in [2.45, 2.75) is 57.4 Å². The topological polar surface area (TPSA) is 66.0 Å². The summed E-state index contributed by atoms with van der Waals surface area (Å²) in [5.74, 6) is -0.478. The van der Waals surface area contributed by atoms with Crippen LogP contribution in [0.15, 0.2) is 48.8 Å². The number of carbonyl (C=O) groups excluding carboxylic acids is 1. The summed E-state index contributed by atoms with van der Waals surface area (Å²) in [7, 11) is 1.74. The minimum absolute atomic E-state index is 0.00718. The first-order chi connectivity index (χ1) is 18.0. The van der Waals surface area contributed by atoms with Crippen LogP contribution in [-0.2, 0) is 13.6 Å². The monoisotopic (exact) mass is 529 g/mol. The number of rotatable bonds is 7. The van der Waals surface area contributed by atoms with Crippen LogP contribution >= 0.6 is 0 Å². The molecule has 0 radical (unpaired) electrons. The van der Waals surface area contributed by atoms with Gasteiger partial charge in [-0.2, -0.15) is 13.2 Å². The third-order valence-corrected chi connectivity index (χ3v) is 7.55. The van der Waals surface area contributed by atoms with Gasteiger partial charge < -0.3 is 19.4 Å². The average Bonchev–Trinajstić information content (AvgIpc) is 3.49. The van der Waals surface area contributed by atoms with Gasteiger partial charge in [-0.3, -0.25) is 10.2 Å². The lowest BCUT2D eigenvalue weighted by Gasteiger charge is -2.29. The van der Waals surface area contributed by atoms with Crippen molar-refractivity contribution in [2.75, 3.05) is 11.4 Å². The third kappa shape index (κ3) is 5.35. The van der Waals surface area contributed by atoms with Crippen molar-refractivity contribution in [3.05, 3.63) is 82.5 Å². The number of nitrogens with zero attached hydrogens (tertiary/aromatic N) is 3. The van der Waals surface area contributed by atoms with E-state index in [2.05, 4.69) is 5.32 Å². The van der Waals surface area contributed by atoms with E-state index >= 15 is 0 Å². The first-order valence-corrected chi connectivity index (χ1v) is 12.8. The van der Waals surface area contributed by atoms with Crippen LogP contribution < -0.4 is 15.8 Å². The number of aromatic nitrogens is 2. The van der Waals surface area contributed by atoms with Crippen LogP contribution in [0.5, 0.6) is 0 Å². The largest absolute Gasteiger partial charge is 0.408 e. The Morgan fingerprint density at radius 1 is 1.13 bits per heavy atom. The summed E-state index contributed by atoms with van der Waals surface area (Å²) < 4.78 is 58.6. The van der Waals surface area contributed by atoms with Gasteiger partial charge in [0.2, 0.25) is 5.62 Å². The van der Waals surface area contributed by atoms with E-state index in [1.807, 2.05) is 0 Å². The molecule has 1 amide bonds. The predicted octanol–water partition coefficient (Wildman–Crippen LogP) is 5.21. The molecule has 1 saturated heterocycles. The van der Waals surface area contributed by atoms with Crippen LogP contribution in [0.4, 0.5) is 23.2 Å². The Labute approximate surface area is 218 Å². The molecule has 6 nitrogen and oxygen atoms in total. The fraction of sp³-hybridized carbons (Fsp3) is 0.429. The van der Waals surface area contributed by atoms with Crippen molar-refractivity contribution in [1.82, 2.24) is 14.5 Å². The lowest BCUT2D eigenvalue weighted by molar-refractivity contribution is -0.145. The molecule has 2 atom stereocenters. The summed E-state index contributed by atoms with van der Waals surface area (Å²) in [4.78, 5) is 14.9. The number of amides is 1. The number of imidazole rings is 1. The molecule has 1 saturated carbocycles. The van der Waals surface area contributed by atoms with E-state index in [4.69, 9.17) is 5.41 Å². The highest BCUT2D eigenvalue weighted by Gasteiger charge is 2.46. The number of benzene rings is 2. The summed E-state index contributed by atoms with van der Waals surface area (Å²) in [5.41, 5.74) is 2.77. The van der Waals surface area contributed by atoms with Gasteiger partial charge in [-0.05, 0) is 79.5 Å². The lowest BCUT2D eigenvalue weighted by atomic mass is 9.99. The Hall–Kier alpha value is -3.56. The highest BCUT2D eigenvalue weighted by Crippen LogP contribution is 2.42. The van der Waals surface area contributed by atoms with E-state index in [0.29, 0.717) is 23.2 Å². The number of nitrogens with one attached hydrogen (secondary N) is 2. The minimum Gasteiger partial charge on any atom is -0.360 e. The van der Waals surface area contributed by atoms with Crippen molar-refractivity contribution in [3.63, 3.8) is 0 Å². The van der Waals surface area contributed by atoms with Crippen molar-refractivity contribution in [1.29, 1.82) is 5.41 Å². The molecule has 1 aliphatic heterocycles. The molecule has 2 aliphatic rings. The van der Waals surface area contributed by atoms with Crippen LogP contribution in [0.2, 0.25) is 0 Å². The number of carbonyl (C=O) groups is 1. The molecule has 2 N–H and O–H groups in total. The van der Waals surface area contributed by atoms with Gasteiger partial charge in [0.15, 0.2) is 0 Å². The molecule has 2 heterocycles. The van der Waals surface area contributed by atoms with E-state index in [0.717, 1.165) is 18.4 Å². The summed E-state index contributed by atoms with van der Waals surface area (Å²) in [6.45, 7) is 2.16. The van der Waals surface area contributed by atoms with Crippen LogP contribution in [0.25, 0.3) is 0 Å². The van der Waals surface area contributed by atoms with E-state index in [9.17, 15) is 22.4 Å². The molecule has 1 aliphatic carbocycles. The number of hydrogen-bond donors (Lipinski definition) is 2. The van der Waals surface area contributed by atoms with E-state index < -0.39 is 12.2 Å². The molecule has 1 unspecified atom stereocenters. The van der Waals surface area contributed by atoms with E-state index in [1.54, 1.807) is 59.8 Å². The highest BCUT2D eigenvalue weighted by atomic mass is 19.4. The van der Waals surface area contributed by atoms with E-state index in [1.165, 1.54) is 17.0 Å². The Morgan fingerprint density at radius 2 is 1.89 bits per heavy atom. The zero-order valence-electron chi connectivity index (χ0n) is 21.4. The van der Waals surface area contributed by atoms with Gasteiger partial charge in [0.05, 0.1) is 12.6 Å². The van der Waals surface area contributed by atoms with Gasteiger partial charge in [0.25, 0.3) is 5.91 Å². The van der Waals surface area contributed by atoms with Gasteiger partial charge in [-0.15, -0.1) is 0 Å². The predicted molar refractivity (Wildman–Crippen MR) is 135 cm³/mol. The lowest BCUT2D eigenvalue weighted by Crippen LogP contribution is -2.41. The minimum atomic E-state index is -4.38. The number of alkyl halides is 3. The summed E-state index contributed by atoms with van der Waals surface area (Å²) in [6, 6.07) is 7.77. The second-order valence-corrected chi connectivity index (χ2v) is 10.4. The normalized spacial score (nSPS) is 18.6. The molecule has 3 aromatic rings. The zero-order chi connectivity index (χ0) is 27.2. The van der Waals surface area contributed by atoms with Crippen molar-refractivity contribution in [3.8, 4) is 0 Å². The Bertz CT molecular complexity index is 1400. The van der Waals surface area contributed by atoms with Crippen LogP contribution in [0.1, 0.15) is 58.8 Å². The maximum Gasteiger partial charge on any atom is 0.408 e. The van der Waals surface area contributed by atoms with Crippen molar-refractivity contribution >= 4 is 11.6 Å². The standard InChI is InChI=1S/C28H31F4N5O/c1-17-12-20(7-8-23(17)29)25(19-5-6-19)34-26(38)21-13-18(16-36-11-10-35(2)27(36)33)14-22(15-21)37-9-3-4-24(37)28(30,31)32/h7-8,10-15,19,24-25,33H,3-6,9,16H2,1-2H3,(H,34,38)/t24?,25-/m0/s1. The Kier molecular flexibility index (Phi) is 6.83. The Balaban J connectivity index is 1.50. The maximum atomic E-state index is 13.9. The molecule has 2 fully saturated rings.